The maximum Gasteiger partial charge on any atom is 0.320 e. The van der Waals surface area contributed by atoms with Crippen LogP contribution in [-0.4, -0.2) is 123 Å². The lowest BCUT2D eigenvalue weighted by molar-refractivity contribution is -0.147. The van der Waals surface area contributed by atoms with Crippen molar-refractivity contribution in [1.82, 2.24) is 19.6 Å². The molecule has 0 amide bonds. The summed E-state index contributed by atoms with van der Waals surface area (Å²) in [5.74, 6) is -2.43. The fraction of sp³-hybridized carbons (Fsp3) is 0.847. The Morgan fingerprint density at radius 1 is 0.362 bits per heavy atom. The maximum atomic E-state index is 13.2. The van der Waals surface area contributed by atoms with Crippen molar-refractivity contribution in [3.05, 3.63) is 35.4 Å². The van der Waals surface area contributed by atoms with Gasteiger partial charge in [-0.25, -0.2) is 0 Å². The molecule has 1 fully saturated rings. The molecule has 10 nitrogen and oxygen atoms in total. The fourth-order valence-corrected chi connectivity index (χ4v) is 10.6. The summed E-state index contributed by atoms with van der Waals surface area (Å²) >= 11 is 0. The van der Waals surface area contributed by atoms with Gasteiger partial charge >= 0.3 is 17.9 Å². The minimum atomic E-state index is -0.838. The molecule has 1 aliphatic heterocycles. The van der Waals surface area contributed by atoms with Crippen LogP contribution in [0.2, 0.25) is 0 Å². The van der Waals surface area contributed by atoms with Gasteiger partial charge in [0, 0.05) is 58.9 Å². The first-order valence-corrected chi connectivity index (χ1v) is 29.4. The van der Waals surface area contributed by atoms with Gasteiger partial charge in [-0.2, -0.15) is 0 Å². The average molecular weight is 970 g/mol. The number of aryl methyl sites for hydroxylation is 1. The monoisotopic (exact) mass is 969 g/mol. The number of unbranched alkanes of at least 4 members (excludes halogenated alkanes) is 26. The number of aliphatic carboxylic acids is 3. The third kappa shape index (κ3) is 30.2. The highest BCUT2D eigenvalue weighted by Gasteiger charge is 2.32. The molecule has 0 radical (unpaired) electrons. The Balaban J connectivity index is 2.40. The third-order valence-electron chi connectivity index (χ3n) is 15.2. The van der Waals surface area contributed by atoms with Gasteiger partial charge in [-0.15, -0.1) is 0 Å². The minimum absolute atomic E-state index is 0.429. The van der Waals surface area contributed by atoms with Gasteiger partial charge in [-0.05, 0) is 43.2 Å². The molecule has 0 saturated carbocycles. The highest BCUT2D eigenvalue weighted by atomic mass is 16.4. The molecule has 0 aromatic heterocycles. The number of benzene rings is 1. The SMILES string of the molecule is CCCCCCCCCCC(C(=O)O)N1CCN(Cc2ccc(CCCCCCCC)cc2)CCN(C(CCCCCCCCCC)C(=O)O)CCN(C(CCCCCCCCCC)C(=O)O)CC1. The first kappa shape index (κ1) is 62.6. The van der Waals surface area contributed by atoms with Gasteiger partial charge in [-0.1, -0.05) is 238 Å². The number of rotatable bonds is 42. The summed E-state index contributed by atoms with van der Waals surface area (Å²) in [7, 11) is 0. The Bertz CT molecular complexity index is 1340. The standard InChI is InChI=1S/C59H108N4O6/c1-5-9-13-17-21-24-28-32-36-54(57(64)65)61-45-43-60(51-53-41-39-52(40-42-53)35-31-27-20-16-12-8-4)44-46-62(55(58(66)67)37-33-29-25-22-18-14-10-6-2)48-50-63(49-47-61)56(59(68)69)38-34-30-26-23-19-15-11-7-3/h39-42,54-56H,5-38,43-51H2,1-4H3,(H,64,65)(H,66,67)(H,68,69). The summed E-state index contributed by atoms with van der Waals surface area (Å²) in [6, 6.07) is 7.04. The first-order valence-electron chi connectivity index (χ1n) is 29.4. The minimum Gasteiger partial charge on any atom is -0.480 e. The second-order valence-corrected chi connectivity index (χ2v) is 21.1. The first-order chi connectivity index (χ1) is 33.6. The molecule has 1 aromatic carbocycles. The molecule has 2 rings (SSSR count). The van der Waals surface area contributed by atoms with E-state index in [2.05, 4.69) is 71.6 Å². The van der Waals surface area contributed by atoms with E-state index in [0.717, 1.165) is 64.2 Å². The predicted octanol–water partition coefficient (Wildman–Crippen LogP) is 14.3. The normalized spacial score (nSPS) is 16.5. The fourth-order valence-electron chi connectivity index (χ4n) is 10.6. The van der Waals surface area contributed by atoms with Crippen LogP contribution in [0.5, 0.6) is 0 Å². The number of hydrogen-bond donors (Lipinski definition) is 3. The molecular weight excluding hydrogens is 861 g/mol. The third-order valence-corrected chi connectivity index (χ3v) is 15.2. The molecule has 3 atom stereocenters. The molecule has 0 bridgehead atoms. The lowest BCUT2D eigenvalue weighted by Crippen LogP contribution is -2.54. The molecular formula is C59H108N4O6. The highest BCUT2D eigenvalue weighted by molar-refractivity contribution is 5.74. The van der Waals surface area contributed by atoms with Gasteiger partial charge in [0.15, 0.2) is 0 Å². The van der Waals surface area contributed by atoms with Gasteiger partial charge in [0.05, 0.1) is 0 Å². The van der Waals surface area contributed by atoms with E-state index in [9.17, 15) is 29.7 Å². The van der Waals surface area contributed by atoms with Gasteiger partial charge in [0.2, 0.25) is 0 Å². The van der Waals surface area contributed by atoms with Crippen molar-refractivity contribution in [3.8, 4) is 0 Å². The predicted molar refractivity (Wildman–Crippen MR) is 289 cm³/mol. The van der Waals surface area contributed by atoms with E-state index in [4.69, 9.17) is 0 Å². The zero-order chi connectivity index (χ0) is 50.2. The largest absolute Gasteiger partial charge is 0.480 e. The number of carboxylic acid groups (broad SMARTS) is 3. The molecule has 1 aromatic rings. The Hall–Kier alpha value is -2.53. The number of carbonyl (C=O) groups is 3. The van der Waals surface area contributed by atoms with E-state index >= 15 is 0 Å². The van der Waals surface area contributed by atoms with E-state index in [1.54, 1.807) is 0 Å². The van der Waals surface area contributed by atoms with E-state index < -0.39 is 36.0 Å². The molecule has 1 saturated heterocycles. The van der Waals surface area contributed by atoms with Gasteiger partial charge in [0.25, 0.3) is 0 Å². The van der Waals surface area contributed by atoms with Crippen LogP contribution in [0.4, 0.5) is 0 Å². The quantitative estimate of drug-likeness (QED) is 0.0546. The van der Waals surface area contributed by atoms with Crippen molar-refractivity contribution >= 4 is 17.9 Å². The summed E-state index contributed by atoms with van der Waals surface area (Å²) in [6.07, 6.45) is 38.0. The van der Waals surface area contributed by atoms with Crippen LogP contribution in [0.3, 0.4) is 0 Å². The second-order valence-electron chi connectivity index (χ2n) is 21.1. The summed E-state index contributed by atoms with van der Waals surface area (Å²) in [6.45, 7) is 13.8. The molecule has 1 heterocycles. The zero-order valence-electron chi connectivity index (χ0n) is 45.3. The number of carboxylic acids is 3. The molecule has 69 heavy (non-hydrogen) atoms. The van der Waals surface area contributed by atoms with Crippen LogP contribution in [0, 0.1) is 0 Å². The van der Waals surface area contributed by atoms with Crippen LogP contribution in [0.1, 0.15) is 251 Å². The smallest absolute Gasteiger partial charge is 0.320 e. The molecule has 10 heteroatoms. The molecule has 1 aliphatic rings. The maximum absolute atomic E-state index is 13.2. The topological polar surface area (TPSA) is 125 Å². The van der Waals surface area contributed by atoms with E-state index in [1.807, 2.05) is 0 Å². The molecule has 0 spiro atoms. The zero-order valence-corrected chi connectivity index (χ0v) is 45.3. The number of hydrogen-bond acceptors (Lipinski definition) is 7. The Morgan fingerprint density at radius 2 is 0.609 bits per heavy atom. The van der Waals surface area contributed by atoms with Gasteiger partial charge in [0.1, 0.15) is 18.1 Å². The summed E-state index contributed by atoms with van der Waals surface area (Å²) in [5.41, 5.74) is 2.58. The lowest BCUT2D eigenvalue weighted by atomic mass is 10.0. The Labute approximate surface area is 424 Å². The molecule has 400 valence electrons. The van der Waals surface area contributed by atoms with Crippen LogP contribution in [0.15, 0.2) is 24.3 Å². The van der Waals surface area contributed by atoms with Crippen molar-refractivity contribution in [1.29, 1.82) is 0 Å². The van der Waals surface area contributed by atoms with E-state index in [0.29, 0.717) is 78.2 Å². The second kappa shape index (κ2) is 42.0. The van der Waals surface area contributed by atoms with Crippen molar-refractivity contribution in [2.24, 2.45) is 0 Å². The van der Waals surface area contributed by atoms with Crippen LogP contribution in [-0.2, 0) is 27.3 Å². The number of nitrogens with zero attached hydrogens (tertiary/aromatic N) is 4. The van der Waals surface area contributed by atoms with Crippen molar-refractivity contribution in [2.75, 3.05) is 52.4 Å². The summed E-state index contributed by atoms with van der Waals surface area (Å²) in [4.78, 5) is 48.4. The average Bonchev–Trinajstić information content (AvgIpc) is 3.33. The Kier molecular flexibility index (Phi) is 38.1. The molecule has 0 aliphatic carbocycles. The van der Waals surface area contributed by atoms with Crippen LogP contribution in [0.25, 0.3) is 0 Å². The van der Waals surface area contributed by atoms with Crippen molar-refractivity contribution in [2.45, 2.75) is 271 Å². The van der Waals surface area contributed by atoms with E-state index in [1.165, 1.54) is 146 Å². The lowest BCUT2D eigenvalue weighted by Gasteiger charge is -2.39. The molecule has 3 unspecified atom stereocenters. The van der Waals surface area contributed by atoms with Gasteiger partial charge in [-0.3, -0.25) is 34.0 Å². The van der Waals surface area contributed by atoms with E-state index in [-0.39, 0.29) is 0 Å². The van der Waals surface area contributed by atoms with Crippen molar-refractivity contribution < 1.29 is 29.7 Å². The van der Waals surface area contributed by atoms with Gasteiger partial charge < -0.3 is 15.3 Å². The van der Waals surface area contributed by atoms with Crippen LogP contribution < -0.4 is 0 Å². The highest BCUT2D eigenvalue weighted by Crippen LogP contribution is 2.21. The Morgan fingerprint density at radius 3 is 0.899 bits per heavy atom. The van der Waals surface area contributed by atoms with Crippen LogP contribution >= 0.6 is 0 Å². The molecule has 3 N–H and O–H groups in total. The van der Waals surface area contributed by atoms with Crippen molar-refractivity contribution in [3.63, 3.8) is 0 Å². The summed E-state index contributed by atoms with van der Waals surface area (Å²) < 4.78 is 0. The summed E-state index contributed by atoms with van der Waals surface area (Å²) in [5, 5.41) is 32.5.